The van der Waals surface area contributed by atoms with Crippen LogP contribution in [-0.4, -0.2) is 45.4 Å². The van der Waals surface area contributed by atoms with Gasteiger partial charge in [0.15, 0.2) is 5.43 Å². The van der Waals surface area contributed by atoms with Gasteiger partial charge in [-0.3, -0.25) is 9.69 Å². The van der Waals surface area contributed by atoms with Crippen molar-refractivity contribution in [2.24, 2.45) is 0 Å². The molecule has 1 fully saturated rings. The number of aromatic amines is 1. The molecule has 0 radical (unpaired) electrons. The van der Waals surface area contributed by atoms with E-state index in [0.717, 1.165) is 24.2 Å². The molecule has 1 aliphatic rings. The quantitative estimate of drug-likeness (QED) is 0.736. The van der Waals surface area contributed by atoms with Crippen LogP contribution in [0.3, 0.4) is 0 Å². The molecule has 1 saturated heterocycles. The van der Waals surface area contributed by atoms with Gasteiger partial charge in [0, 0.05) is 36.1 Å². The maximum Gasteiger partial charge on any atom is 0.187 e. The predicted octanol–water partition coefficient (Wildman–Crippen LogP) is 0.311. The summed E-state index contributed by atoms with van der Waals surface area (Å²) in [4.78, 5) is 17.1. The van der Waals surface area contributed by atoms with Crippen LogP contribution < -0.4 is 5.43 Å². The van der Waals surface area contributed by atoms with Crippen LogP contribution in [0, 0.1) is 13.8 Å². The maximum absolute atomic E-state index is 11.9. The minimum Gasteiger partial charge on any atom is -0.393 e. The fourth-order valence-corrected chi connectivity index (χ4v) is 2.66. The van der Waals surface area contributed by atoms with E-state index in [0.29, 0.717) is 25.1 Å². The van der Waals surface area contributed by atoms with Crippen LogP contribution in [0.25, 0.3) is 0 Å². The smallest absolute Gasteiger partial charge is 0.187 e. The van der Waals surface area contributed by atoms with Gasteiger partial charge in [-0.15, -0.1) is 0 Å². The molecule has 5 heteroatoms. The van der Waals surface area contributed by atoms with E-state index in [9.17, 15) is 15.0 Å². The van der Waals surface area contributed by atoms with Crippen LogP contribution in [0.4, 0.5) is 0 Å². The molecule has 1 aromatic rings. The molecule has 5 nitrogen and oxygen atoms in total. The highest BCUT2D eigenvalue weighted by Crippen LogP contribution is 2.22. The number of H-pyrrole nitrogens is 1. The molecule has 0 spiro atoms. The van der Waals surface area contributed by atoms with Crippen LogP contribution in [-0.2, 0) is 6.54 Å². The zero-order chi connectivity index (χ0) is 14.0. The van der Waals surface area contributed by atoms with Crippen LogP contribution in [0.15, 0.2) is 11.0 Å². The van der Waals surface area contributed by atoms with E-state index >= 15 is 0 Å². The Labute approximate surface area is 112 Å². The van der Waals surface area contributed by atoms with Gasteiger partial charge < -0.3 is 15.2 Å². The van der Waals surface area contributed by atoms with Crippen LogP contribution in [0.1, 0.15) is 29.7 Å². The average molecular weight is 266 g/mol. The second-order valence-corrected chi connectivity index (χ2v) is 5.60. The third-order valence-corrected chi connectivity index (χ3v) is 3.92. The molecule has 2 heterocycles. The number of hydrogen-bond donors (Lipinski definition) is 3. The normalized spacial score (nSPS) is 24.6. The number of aliphatic hydroxyl groups excluding tert-OH is 1. The first-order valence-electron chi connectivity index (χ1n) is 6.68. The molecule has 19 heavy (non-hydrogen) atoms. The molecule has 1 atom stereocenters. The topological polar surface area (TPSA) is 76.6 Å². The zero-order valence-electron chi connectivity index (χ0n) is 11.6. The molecule has 0 unspecified atom stereocenters. The number of aromatic nitrogens is 1. The van der Waals surface area contributed by atoms with Gasteiger partial charge in [-0.25, -0.2) is 0 Å². The highest BCUT2D eigenvalue weighted by Gasteiger charge is 2.32. The van der Waals surface area contributed by atoms with Crippen molar-refractivity contribution in [3.8, 4) is 0 Å². The summed E-state index contributed by atoms with van der Waals surface area (Å²) in [7, 11) is 0. The van der Waals surface area contributed by atoms with Gasteiger partial charge in [-0.05, 0) is 33.2 Å². The van der Waals surface area contributed by atoms with Gasteiger partial charge in [-0.2, -0.15) is 0 Å². The highest BCUT2D eigenvalue weighted by atomic mass is 16.3. The number of aryl methyl sites for hydroxylation is 1. The van der Waals surface area contributed by atoms with E-state index in [4.69, 9.17) is 0 Å². The molecule has 1 aromatic heterocycles. The van der Waals surface area contributed by atoms with Crippen LogP contribution >= 0.6 is 0 Å². The van der Waals surface area contributed by atoms with Crippen molar-refractivity contribution in [3.05, 3.63) is 33.2 Å². The van der Waals surface area contributed by atoms with Crippen LogP contribution in [0.5, 0.6) is 0 Å². The number of nitrogens with one attached hydrogen (secondary N) is 1. The van der Waals surface area contributed by atoms with Crippen molar-refractivity contribution >= 4 is 0 Å². The monoisotopic (exact) mass is 266 g/mol. The van der Waals surface area contributed by atoms with E-state index in [-0.39, 0.29) is 12.0 Å². The largest absolute Gasteiger partial charge is 0.393 e. The number of β-amino-alcohol motifs (C(OH)–C–C–N with tert-alkyl or cyclic N) is 1. The third-order valence-electron chi connectivity index (χ3n) is 3.92. The molecule has 3 N–H and O–H groups in total. The Balaban J connectivity index is 2.14. The molecule has 0 bridgehead atoms. The van der Waals surface area contributed by atoms with Gasteiger partial charge in [-0.1, -0.05) is 0 Å². The Morgan fingerprint density at radius 2 is 2.21 bits per heavy atom. The standard InChI is InChI=1S/C14H22N2O3/c1-10-6-15-12(11(2)13(10)18)7-16-5-3-4-14(19,8-16)9-17/h6,17,19H,3-5,7-9H2,1-2H3,(H,15,18)/t14-/m0/s1. The SMILES string of the molecule is Cc1c[nH]c(CN2CCC[C@@](O)(CO)C2)c(C)c1=O. The number of rotatable bonds is 3. The van der Waals surface area contributed by atoms with Crippen molar-refractivity contribution in [2.75, 3.05) is 19.7 Å². The first-order valence-corrected chi connectivity index (χ1v) is 6.68. The summed E-state index contributed by atoms with van der Waals surface area (Å²) in [5, 5.41) is 19.4. The summed E-state index contributed by atoms with van der Waals surface area (Å²) >= 11 is 0. The first kappa shape index (κ1) is 14.2. The lowest BCUT2D eigenvalue weighted by Crippen LogP contribution is -2.50. The average Bonchev–Trinajstić information content (AvgIpc) is 2.40. The summed E-state index contributed by atoms with van der Waals surface area (Å²) in [5.41, 5.74) is 1.41. The Kier molecular flexibility index (Phi) is 4.08. The van der Waals surface area contributed by atoms with E-state index < -0.39 is 5.60 Å². The number of piperidine rings is 1. The minimum absolute atomic E-state index is 0.0724. The molecule has 0 amide bonds. The summed E-state index contributed by atoms with van der Waals surface area (Å²) in [5.74, 6) is 0. The number of pyridine rings is 1. The molecule has 1 aliphatic heterocycles. The van der Waals surface area contributed by atoms with E-state index in [1.165, 1.54) is 0 Å². The molecule has 0 saturated carbocycles. The Morgan fingerprint density at radius 3 is 2.89 bits per heavy atom. The Bertz CT molecular complexity index is 512. The van der Waals surface area contributed by atoms with Gasteiger partial charge in [0.2, 0.25) is 0 Å². The fraction of sp³-hybridized carbons (Fsp3) is 0.643. The summed E-state index contributed by atoms with van der Waals surface area (Å²) in [6, 6.07) is 0. The van der Waals surface area contributed by atoms with Crippen molar-refractivity contribution in [1.82, 2.24) is 9.88 Å². The second-order valence-electron chi connectivity index (χ2n) is 5.60. The Hall–Kier alpha value is -1.17. The second kappa shape index (κ2) is 5.45. The zero-order valence-corrected chi connectivity index (χ0v) is 11.6. The highest BCUT2D eigenvalue weighted by molar-refractivity contribution is 5.23. The summed E-state index contributed by atoms with van der Waals surface area (Å²) < 4.78 is 0. The molecular formula is C14H22N2O3. The fourth-order valence-electron chi connectivity index (χ4n) is 2.66. The van der Waals surface area contributed by atoms with Crippen molar-refractivity contribution in [3.63, 3.8) is 0 Å². The predicted molar refractivity (Wildman–Crippen MR) is 73.1 cm³/mol. The molecule has 106 valence electrons. The number of aliphatic hydroxyl groups is 2. The van der Waals surface area contributed by atoms with Gasteiger partial charge in [0.25, 0.3) is 0 Å². The Morgan fingerprint density at radius 1 is 1.47 bits per heavy atom. The lowest BCUT2D eigenvalue weighted by atomic mass is 9.93. The van der Waals surface area contributed by atoms with Crippen LogP contribution in [0.2, 0.25) is 0 Å². The molecule has 2 rings (SSSR count). The van der Waals surface area contributed by atoms with Crippen molar-refractivity contribution < 1.29 is 10.2 Å². The summed E-state index contributed by atoms with van der Waals surface area (Å²) in [6.07, 6.45) is 3.21. The molecular weight excluding hydrogens is 244 g/mol. The van der Waals surface area contributed by atoms with Crippen molar-refractivity contribution in [1.29, 1.82) is 0 Å². The lowest BCUT2D eigenvalue weighted by molar-refractivity contribution is -0.0689. The van der Waals surface area contributed by atoms with Gasteiger partial charge >= 0.3 is 0 Å². The van der Waals surface area contributed by atoms with Gasteiger partial charge in [0.1, 0.15) is 5.60 Å². The summed E-state index contributed by atoms with van der Waals surface area (Å²) in [6.45, 7) is 5.32. The third kappa shape index (κ3) is 3.05. The molecule has 0 aliphatic carbocycles. The molecule has 0 aromatic carbocycles. The number of nitrogens with zero attached hydrogens (tertiary/aromatic N) is 1. The number of likely N-dealkylation sites (tertiary alicyclic amines) is 1. The van der Waals surface area contributed by atoms with E-state index in [1.807, 2.05) is 6.92 Å². The first-order chi connectivity index (χ1) is 8.95. The van der Waals surface area contributed by atoms with E-state index in [2.05, 4.69) is 9.88 Å². The van der Waals surface area contributed by atoms with E-state index in [1.54, 1.807) is 13.1 Å². The lowest BCUT2D eigenvalue weighted by Gasteiger charge is -2.38. The maximum atomic E-state index is 11.9. The van der Waals surface area contributed by atoms with Crippen molar-refractivity contribution in [2.45, 2.75) is 38.8 Å². The van der Waals surface area contributed by atoms with Gasteiger partial charge in [0.05, 0.1) is 6.61 Å². The minimum atomic E-state index is -1.00. The number of hydrogen-bond acceptors (Lipinski definition) is 4.